The zero-order valence-electron chi connectivity index (χ0n) is 24.2. The van der Waals surface area contributed by atoms with E-state index in [9.17, 15) is 4.39 Å². The van der Waals surface area contributed by atoms with Crippen LogP contribution in [0.2, 0.25) is 0 Å². The first-order valence-corrected chi connectivity index (χ1v) is 7.05. The molecule has 0 saturated carbocycles. The van der Waals surface area contributed by atoms with Crippen LogP contribution in [0.5, 0.6) is 17.2 Å². The Labute approximate surface area is 157 Å². The van der Waals surface area contributed by atoms with Crippen LogP contribution < -0.4 is 19.5 Å². The first-order chi connectivity index (χ1) is 16.3. The molecule has 1 fully saturated rings. The van der Waals surface area contributed by atoms with Crippen LogP contribution in [-0.2, 0) is 0 Å². The van der Waals surface area contributed by atoms with Crippen molar-refractivity contribution in [1.29, 1.82) is 0 Å². The van der Waals surface area contributed by atoms with Gasteiger partial charge in [0.25, 0.3) is 0 Å². The van der Waals surface area contributed by atoms with Crippen LogP contribution >= 0.6 is 0 Å². The minimum absolute atomic E-state index is 0.0482. The van der Waals surface area contributed by atoms with Crippen LogP contribution in [0.25, 0.3) is 0 Å². The topological polar surface area (TPSA) is 39.7 Å². The average molecular weight is 341 g/mol. The maximum Gasteiger partial charge on any atom is 0.231 e. The van der Waals surface area contributed by atoms with Crippen molar-refractivity contribution in [3.8, 4) is 17.2 Å². The summed E-state index contributed by atoms with van der Waals surface area (Å²) in [6.07, 6.45) is -0.990. The third-order valence-corrected chi connectivity index (χ3v) is 3.43. The number of ether oxygens (including phenoxy) is 3. The van der Waals surface area contributed by atoms with E-state index in [0.717, 1.165) is 0 Å². The molecule has 0 spiro atoms. The molecular formula is C19H20FNO3. The van der Waals surface area contributed by atoms with Gasteiger partial charge in [-0.25, -0.2) is 4.39 Å². The van der Waals surface area contributed by atoms with Crippen molar-refractivity contribution in [1.82, 2.24) is 5.32 Å². The molecule has 2 aliphatic heterocycles. The SMILES string of the molecule is [2H]c1c([2H])c([C@]2([2H])CC([2H])([2H])NC([2H])([2H])C2([2H])COc2ccc3c(c2)OC([2H])([2H])O3)c([2H])c([2H])c1F. The van der Waals surface area contributed by atoms with Gasteiger partial charge in [-0.3, -0.25) is 0 Å². The summed E-state index contributed by atoms with van der Waals surface area (Å²) in [5.74, 6) is -7.14. The monoisotopic (exact) mass is 341 g/mol. The van der Waals surface area contributed by atoms with E-state index in [1.807, 2.05) is 5.32 Å². The van der Waals surface area contributed by atoms with Crippen molar-refractivity contribution in [2.45, 2.75) is 12.3 Å². The maximum atomic E-state index is 14.2. The molecule has 5 heteroatoms. The summed E-state index contributed by atoms with van der Waals surface area (Å²) >= 11 is 0. The predicted molar refractivity (Wildman–Crippen MR) is 88.2 cm³/mol. The summed E-state index contributed by atoms with van der Waals surface area (Å²) in [4.78, 5) is 0. The molecule has 0 radical (unpaired) electrons. The number of fused-ring (bicyclic) bond motifs is 1. The minimum Gasteiger partial charge on any atom is -0.493 e. The lowest BCUT2D eigenvalue weighted by Gasteiger charge is -2.32. The van der Waals surface area contributed by atoms with Crippen molar-refractivity contribution in [3.63, 3.8) is 0 Å². The van der Waals surface area contributed by atoms with Gasteiger partial charge in [0.2, 0.25) is 6.75 Å². The van der Waals surface area contributed by atoms with Crippen molar-refractivity contribution < 1.29 is 35.1 Å². The molecule has 0 aliphatic carbocycles. The zero-order chi connectivity index (χ0) is 27.1. The molecule has 0 aromatic heterocycles. The van der Waals surface area contributed by atoms with Crippen molar-refractivity contribution in [2.24, 2.45) is 5.89 Å². The number of benzene rings is 2. The second-order valence-corrected chi connectivity index (χ2v) is 4.93. The van der Waals surface area contributed by atoms with Crippen LogP contribution in [0, 0.1) is 11.7 Å². The second kappa shape index (κ2) is 6.69. The van der Waals surface area contributed by atoms with E-state index < -0.39 is 80.1 Å². The zero-order valence-corrected chi connectivity index (χ0v) is 12.2. The van der Waals surface area contributed by atoms with Gasteiger partial charge in [0.1, 0.15) is 14.3 Å². The van der Waals surface area contributed by atoms with Gasteiger partial charge in [-0.2, -0.15) is 0 Å². The molecule has 2 aromatic carbocycles. The van der Waals surface area contributed by atoms with Gasteiger partial charge in [-0.1, -0.05) is 12.1 Å². The number of nitrogens with one attached hydrogen (secondary N) is 1. The lowest BCUT2D eigenvalue weighted by atomic mass is 9.81. The highest BCUT2D eigenvalue weighted by Gasteiger charge is 2.27. The largest absolute Gasteiger partial charge is 0.493 e. The van der Waals surface area contributed by atoms with E-state index in [1.165, 1.54) is 18.2 Å². The van der Waals surface area contributed by atoms with Crippen LogP contribution in [0.4, 0.5) is 4.39 Å². The van der Waals surface area contributed by atoms with Gasteiger partial charge in [-0.15, -0.1) is 0 Å². The highest BCUT2D eigenvalue weighted by Crippen LogP contribution is 2.36. The van der Waals surface area contributed by atoms with Crippen molar-refractivity contribution in [3.05, 3.63) is 53.7 Å². The summed E-state index contributed by atoms with van der Waals surface area (Å²) in [5, 5.41) is 2.01. The number of piperidine rings is 1. The third-order valence-electron chi connectivity index (χ3n) is 3.43. The molecule has 126 valence electrons. The van der Waals surface area contributed by atoms with E-state index >= 15 is 0 Å². The molecule has 1 unspecified atom stereocenters. The Bertz CT molecular complexity index is 1220. The normalized spacial score (nSPS) is 42.0. The molecule has 4 rings (SSSR count). The van der Waals surface area contributed by atoms with E-state index in [-0.39, 0.29) is 17.2 Å². The number of hydrogen-bond acceptors (Lipinski definition) is 4. The van der Waals surface area contributed by atoms with E-state index in [4.69, 9.17) is 30.7 Å². The van der Waals surface area contributed by atoms with Crippen LogP contribution in [0.1, 0.15) is 34.3 Å². The first-order valence-electron chi connectivity index (χ1n) is 13.0. The lowest BCUT2D eigenvalue weighted by molar-refractivity contribution is 0.173. The number of halogens is 1. The fourth-order valence-corrected chi connectivity index (χ4v) is 2.25. The van der Waals surface area contributed by atoms with E-state index in [2.05, 4.69) is 0 Å². The summed E-state index contributed by atoms with van der Waals surface area (Å²) in [6, 6.07) is -0.519. The minimum atomic E-state index is -3.03. The fraction of sp³-hybridized carbons (Fsp3) is 0.368. The van der Waals surface area contributed by atoms with Gasteiger partial charge in [0.15, 0.2) is 11.5 Å². The smallest absolute Gasteiger partial charge is 0.231 e. The van der Waals surface area contributed by atoms with Crippen molar-refractivity contribution >= 4 is 0 Å². The van der Waals surface area contributed by atoms with Gasteiger partial charge >= 0.3 is 0 Å². The quantitative estimate of drug-likeness (QED) is 0.926. The molecule has 2 heterocycles. The Morgan fingerprint density at radius 3 is 3.00 bits per heavy atom. The Morgan fingerprint density at radius 1 is 1.29 bits per heavy atom. The van der Waals surface area contributed by atoms with Crippen LogP contribution in [-0.4, -0.2) is 26.3 Å². The van der Waals surface area contributed by atoms with Crippen LogP contribution in [0.15, 0.2) is 42.4 Å². The summed E-state index contributed by atoms with van der Waals surface area (Å²) in [6.45, 7) is -9.04. The maximum absolute atomic E-state index is 14.2. The molecule has 1 saturated heterocycles. The Hall–Kier alpha value is -2.27. The highest BCUT2D eigenvalue weighted by molar-refractivity contribution is 5.46. The van der Waals surface area contributed by atoms with E-state index in [0.29, 0.717) is 0 Å². The molecular weight excluding hydrogens is 309 g/mol. The van der Waals surface area contributed by atoms with Gasteiger partial charge in [-0.05, 0) is 48.6 Å². The Kier molecular flexibility index (Phi) is 1.93. The highest BCUT2D eigenvalue weighted by atomic mass is 19.1. The molecule has 0 bridgehead atoms. The predicted octanol–water partition coefficient (Wildman–Crippen LogP) is 3.33. The number of rotatable bonds is 4. The summed E-state index contributed by atoms with van der Waals surface area (Å²) in [7, 11) is 0. The molecule has 2 aliphatic rings. The molecule has 1 N–H and O–H groups in total. The molecule has 24 heavy (non-hydrogen) atoms. The summed E-state index contributed by atoms with van der Waals surface area (Å²) in [5.41, 5.74) is -0.842. The first kappa shape index (κ1) is 6.92. The van der Waals surface area contributed by atoms with E-state index in [1.54, 1.807) is 0 Å². The van der Waals surface area contributed by atoms with Crippen LogP contribution in [0.3, 0.4) is 0 Å². The Morgan fingerprint density at radius 2 is 2.12 bits per heavy atom. The van der Waals surface area contributed by atoms with Gasteiger partial charge < -0.3 is 19.5 Å². The van der Waals surface area contributed by atoms with Gasteiger partial charge in [0, 0.05) is 26.7 Å². The average Bonchev–Trinajstić information content (AvgIpc) is 3.05. The fourth-order valence-electron chi connectivity index (χ4n) is 2.25. The molecule has 2 aromatic rings. The third kappa shape index (κ3) is 3.17. The molecule has 0 amide bonds. The standard InChI is InChI=1S/C19H20FNO3/c20-15-3-1-13(2-4-15)17-7-8-21-10-14(17)11-22-16-5-6-18-19(9-16)24-12-23-18/h1-6,9,14,17,21H,7-8,10-12H2/t14?,17-/m0/s1/i1D,2D,3D,4D,8D2,10D2,12D2,14D,17D. The Balaban J connectivity index is 1.81. The van der Waals surface area contributed by atoms with Crippen molar-refractivity contribution in [2.75, 3.05) is 26.3 Å². The number of hydrogen-bond donors (Lipinski definition) is 1. The summed E-state index contributed by atoms with van der Waals surface area (Å²) < 4.78 is 128. The molecule has 4 nitrogen and oxygen atoms in total. The second-order valence-electron chi connectivity index (χ2n) is 4.93. The van der Waals surface area contributed by atoms with Gasteiger partial charge in [0.05, 0.1) is 12.1 Å². The lowest BCUT2D eigenvalue weighted by Crippen LogP contribution is -2.38. The molecule has 2 atom stereocenters.